The molecular weight excluding hydrogens is 279 g/mol. The normalized spacial score (nSPS) is 14.4. The number of aliphatic hydroxyl groups is 2. The molecular formula is C14H21FN2O4. The minimum Gasteiger partial charge on any atom is -0.444 e. The second-order valence-corrected chi connectivity index (χ2v) is 5.64. The fourth-order valence-electron chi connectivity index (χ4n) is 1.63. The van der Waals surface area contributed by atoms with Crippen LogP contribution in [-0.2, 0) is 4.74 Å². The van der Waals surface area contributed by atoms with Crippen LogP contribution in [0.15, 0.2) is 18.2 Å². The summed E-state index contributed by atoms with van der Waals surface area (Å²) in [6.07, 6.45) is -3.49. The van der Waals surface area contributed by atoms with Crippen molar-refractivity contribution in [3.8, 4) is 0 Å². The van der Waals surface area contributed by atoms with Gasteiger partial charge in [0.1, 0.15) is 23.6 Å². The number of hydrogen-bond acceptors (Lipinski definition) is 5. The monoisotopic (exact) mass is 300 g/mol. The number of benzene rings is 1. The van der Waals surface area contributed by atoms with E-state index in [1.165, 1.54) is 12.1 Å². The number of carbonyl (C=O) groups excluding carboxylic acids is 1. The van der Waals surface area contributed by atoms with Gasteiger partial charge in [-0.15, -0.1) is 0 Å². The summed E-state index contributed by atoms with van der Waals surface area (Å²) < 4.78 is 18.3. The Hall–Kier alpha value is -1.86. The SMILES string of the molecule is CC(C)(C)OC(=O)NCC(O)C(O)c1cccc(F)c1N. The first kappa shape index (κ1) is 17.2. The van der Waals surface area contributed by atoms with E-state index < -0.39 is 29.7 Å². The second-order valence-electron chi connectivity index (χ2n) is 5.64. The molecule has 2 atom stereocenters. The number of halogens is 1. The minimum atomic E-state index is -1.42. The lowest BCUT2D eigenvalue weighted by Gasteiger charge is -2.22. The fraction of sp³-hybridized carbons (Fsp3) is 0.500. The van der Waals surface area contributed by atoms with Gasteiger partial charge in [-0.1, -0.05) is 12.1 Å². The van der Waals surface area contributed by atoms with Gasteiger partial charge in [0.2, 0.25) is 0 Å². The van der Waals surface area contributed by atoms with Crippen LogP contribution in [0.1, 0.15) is 32.4 Å². The van der Waals surface area contributed by atoms with Crippen molar-refractivity contribution in [1.29, 1.82) is 0 Å². The molecule has 1 rings (SSSR count). The summed E-state index contributed by atoms with van der Waals surface area (Å²) in [6.45, 7) is 4.84. The number of amides is 1. The largest absolute Gasteiger partial charge is 0.444 e. The molecule has 0 heterocycles. The number of alkyl carbamates (subject to hydrolysis) is 1. The number of hydrogen-bond donors (Lipinski definition) is 4. The Morgan fingerprint density at radius 3 is 2.62 bits per heavy atom. The Kier molecular flexibility index (Phi) is 5.51. The Labute approximate surface area is 122 Å². The van der Waals surface area contributed by atoms with Crippen molar-refractivity contribution >= 4 is 11.8 Å². The van der Waals surface area contributed by atoms with Gasteiger partial charge >= 0.3 is 6.09 Å². The first-order valence-electron chi connectivity index (χ1n) is 6.48. The predicted octanol–water partition coefficient (Wildman–Crippen LogP) is 1.33. The van der Waals surface area contributed by atoms with E-state index in [-0.39, 0.29) is 17.8 Å². The smallest absolute Gasteiger partial charge is 0.407 e. The van der Waals surface area contributed by atoms with Crippen LogP contribution < -0.4 is 11.1 Å². The maximum Gasteiger partial charge on any atom is 0.407 e. The van der Waals surface area contributed by atoms with Crippen molar-refractivity contribution in [3.63, 3.8) is 0 Å². The number of aliphatic hydroxyl groups excluding tert-OH is 2. The molecule has 0 aliphatic heterocycles. The van der Waals surface area contributed by atoms with Gasteiger partial charge in [-0.2, -0.15) is 0 Å². The van der Waals surface area contributed by atoms with Gasteiger partial charge in [0.05, 0.1) is 5.69 Å². The molecule has 2 unspecified atom stereocenters. The highest BCUT2D eigenvalue weighted by Gasteiger charge is 2.23. The molecule has 0 spiro atoms. The zero-order valence-corrected chi connectivity index (χ0v) is 12.3. The number of ether oxygens (including phenoxy) is 1. The maximum atomic E-state index is 13.3. The number of rotatable bonds is 4. The molecule has 118 valence electrons. The second kappa shape index (κ2) is 6.73. The van der Waals surface area contributed by atoms with Crippen molar-refractivity contribution < 1.29 is 24.1 Å². The topological polar surface area (TPSA) is 105 Å². The van der Waals surface area contributed by atoms with E-state index in [1.807, 2.05) is 0 Å². The predicted molar refractivity (Wildman–Crippen MR) is 76.0 cm³/mol. The Balaban J connectivity index is 2.61. The molecule has 0 aliphatic carbocycles. The molecule has 1 aromatic carbocycles. The van der Waals surface area contributed by atoms with Crippen LogP contribution in [0.3, 0.4) is 0 Å². The summed E-state index contributed by atoms with van der Waals surface area (Å²) in [7, 11) is 0. The Bertz CT molecular complexity index is 502. The first-order valence-corrected chi connectivity index (χ1v) is 6.48. The van der Waals surface area contributed by atoms with E-state index in [0.29, 0.717) is 0 Å². The molecule has 0 fully saturated rings. The number of nitrogens with one attached hydrogen (secondary N) is 1. The summed E-state index contributed by atoms with van der Waals surface area (Å²) in [5.41, 5.74) is 4.66. The van der Waals surface area contributed by atoms with Crippen LogP contribution in [0.5, 0.6) is 0 Å². The van der Waals surface area contributed by atoms with Crippen molar-refractivity contribution in [1.82, 2.24) is 5.32 Å². The lowest BCUT2D eigenvalue weighted by molar-refractivity contribution is 0.0132. The molecule has 7 heteroatoms. The van der Waals surface area contributed by atoms with Gasteiger partial charge in [0.15, 0.2) is 0 Å². The van der Waals surface area contributed by atoms with E-state index in [2.05, 4.69) is 5.32 Å². The molecule has 21 heavy (non-hydrogen) atoms. The third kappa shape index (κ3) is 5.20. The number of para-hydroxylation sites is 1. The molecule has 0 saturated carbocycles. The first-order chi connectivity index (χ1) is 9.61. The molecule has 5 N–H and O–H groups in total. The zero-order chi connectivity index (χ0) is 16.2. The maximum absolute atomic E-state index is 13.3. The van der Waals surface area contributed by atoms with E-state index in [0.717, 1.165) is 6.07 Å². The highest BCUT2D eigenvalue weighted by molar-refractivity contribution is 5.67. The molecule has 0 aliphatic rings. The van der Waals surface area contributed by atoms with Gasteiger partial charge in [-0.3, -0.25) is 0 Å². The minimum absolute atomic E-state index is 0.0634. The number of nitrogens with two attached hydrogens (primary N) is 1. The molecule has 1 amide bonds. The van der Waals surface area contributed by atoms with Gasteiger partial charge in [0, 0.05) is 12.1 Å². The fourth-order valence-corrected chi connectivity index (χ4v) is 1.63. The van der Waals surface area contributed by atoms with Crippen LogP contribution in [0.25, 0.3) is 0 Å². The summed E-state index contributed by atoms with van der Waals surface area (Å²) >= 11 is 0. The summed E-state index contributed by atoms with van der Waals surface area (Å²) in [4.78, 5) is 11.4. The Morgan fingerprint density at radius 1 is 1.43 bits per heavy atom. The van der Waals surface area contributed by atoms with Gasteiger partial charge in [-0.05, 0) is 26.8 Å². The molecule has 1 aromatic rings. The number of nitrogen functional groups attached to an aromatic ring is 1. The number of anilines is 1. The van der Waals surface area contributed by atoms with Crippen LogP contribution in [0, 0.1) is 5.82 Å². The third-order valence-corrected chi connectivity index (χ3v) is 2.62. The van der Waals surface area contributed by atoms with Crippen LogP contribution in [0.2, 0.25) is 0 Å². The van der Waals surface area contributed by atoms with E-state index in [4.69, 9.17) is 10.5 Å². The summed E-state index contributed by atoms with van der Waals surface area (Å²) in [5, 5.41) is 22.1. The average Bonchev–Trinajstić information content (AvgIpc) is 2.36. The highest BCUT2D eigenvalue weighted by atomic mass is 19.1. The molecule has 6 nitrogen and oxygen atoms in total. The van der Waals surface area contributed by atoms with E-state index >= 15 is 0 Å². The molecule has 0 aromatic heterocycles. The van der Waals surface area contributed by atoms with Gasteiger partial charge < -0.3 is 26.0 Å². The zero-order valence-electron chi connectivity index (χ0n) is 12.3. The molecule has 0 radical (unpaired) electrons. The highest BCUT2D eigenvalue weighted by Crippen LogP contribution is 2.25. The van der Waals surface area contributed by atoms with Gasteiger partial charge in [0.25, 0.3) is 0 Å². The lowest BCUT2D eigenvalue weighted by Crippen LogP contribution is -2.39. The quantitative estimate of drug-likeness (QED) is 0.628. The standard InChI is InChI=1S/C14H21FN2O4/c1-14(2,3)21-13(20)17-7-10(18)12(19)8-5-4-6-9(15)11(8)16/h4-6,10,12,18-19H,7,16H2,1-3H3,(H,17,20). The molecule has 0 saturated heterocycles. The van der Waals surface area contributed by atoms with Crippen molar-refractivity contribution in [3.05, 3.63) is 29.6 Å². The summed E-state index contributed by atoms with van der Waals surface area (Å²) in [6, 6.07) is 3.93. The van der Waals surface area contributed by atoms with E-state index in [9.17, 15) is 19.4 Å². The third-order valence-electron chi connectivity index (χ3n) is 2.62. The van der Waals surface area contributed by atoms with Crippen molar-refractivity contribution in [2.45, 2.75) is 38.6 Å². The average molecular weight is 300 g/mol. The van der Waals surface area contributed by atoms with Crippen LogP contribution >= 0.6 is 0 Å². The van der Waals surface area contributed by atoms with E-state index in [1.54, 1.807) is 20.8 Å². The van der Waals surface area contributed by atoms with Gasteiger partial charge in [-0.25, -0.2) is 9.18 Å². The van der Waals surface area contributed by atoms with Crippen molar-refractivity contribution in [2.24, 2.45) is 0 Å². The van der Waals surface area contributed by atoms with Crippen molar-refractivity contribution in [2.75, 3.05) is 12.3 Å². The van der Waals surface area contributed by atoms with Crippen LogP contribution in [-0.4, -0.2) is 34.6 Å². The number of carbonyl (C=O) groups is 1. The molecule has 0 bridgehead atoms. The Morgan fingerprint density at radius 2 is 2.05 bits per heavy atom. The van der Waals surface area contributed by atoms with Crippen LogP contribution in [0.4, 0.5) is 14.9 Å². The lowest BCUT2D eigenvalue weighted by atomic mass is 10.0. The summed E-state index contributed by atoms with van der Waals surface area (Å²) in [5.74, 6) is -0.682.